The van der Waals surface area contributed by atoms with Gasteiger partial charge in [-0.15, -0.1) is 11.3 Å². The highest BCUT2D eigenvalue weighted by molar-refractivity contribution is 7.09. The van der Waals surface area contributed by atoms with Crippen molar-refractivity contribution in [3.8, 4) is 0 Å². The van der Waals surface area contributed by atoms with Crippen LogP contribution >= 0.6 is 11.3 Å². The van der Waals surface area contributed by atoms with Crippen LogP contribution in [0.25, 0.3) is 0 Å². The predicted octanol–water partition coefficient (Wildman–Crippen LogP) is 2.57. The molecule has 0 aromatic carbocycles. The monoisotopic (exact) mass is 392 g/mol. The van der Waals surface area contributed by atoms with Crippen LogP contribution in [0.1, 0.15) is 56.2 Å². The molecule has 150 valence electrons. The van der Waals surface area contributed by atoms with Gasteiger partial charge in [-0.05, 0) is 59.0 Å². The van der Waals surface area contributed by atoms with E-state index < -0.39 is 0 Å². The fourth-order valence-electron chi connectivity index (χ4n) is 4.27. The average molecular weight is 393 g/mol. The molecule has 0 bridgehead atoms. The van der Waals surface area contributed by atoms with Crippen molar-refractivity contribution < 1.29 is 9.59 Å². The lowest BCUT2D eigenvalue weighted by Crippen LogP contribution is -2.50. The van der Waals surface area contributed by atoms with E-state index in [1.54, 1.807) is 11.3 Å². The summed E-state index contributed by atoms with van der Waals surface area (Å²) in [6, 6.07) is 0.0776. The first kappa shape index (κ1) is 20.3. The van der Waals surface area contributed by atoms with Crippen molar-refractivity contribution in [2.75, 3.05) is 26.2 Å². The maximum Gasteiger partial charge on any atom is 0.226 e. The summed E-state index contributed by atoms with van der Waals surface area (Å²) in [5.74, 6) is 0.442. The number of likely N-dealkylation sites (tertiary alicyclic amines) is 2. The molecule has 0 saturated carbocycles. The fourth-order valence-corrected chi connectivity index (χ4v) is 4.87. The summed E-state index contributed by atoms with van der Waals surface area (Å²) in [6.45, 7) is 8.20. The van der Waals surface area contributed by atoms with Crippen LogP contribution in [0.2, 0.25) is 0 Å². The van der Waals surface area contributed by atoms with E-state index >= 15 is 0 Å². The van der Waals surface area contributed by atoms with Gasteiger partial charge in [0.25, 0.3) is 0 Å². The number of thiazole rings is 1. The standard InChI is InChI=1S/C20H32N4O2S/c1-3-21-19(25)12-18-6-4-5-9-24(18)20(26)16-7-10-23(11-8-16)13-17-14-27-15(2)22-17/h14,16,18H,3-13H2,1-2H3,(H,21,25). The second-order valence-corrected chi connectivity index (χ2v) is 8.81. The second-order valence-electron chi connectivity index (χ2n) is 7.75. The zero-order valence-corrected chi connectivity index (χ0v) is 17.4. The molecular formula is C20H32N4O2S. The number of amides is 2. The summed E-state index contributed by atoms with van der Waals surface area (Å²) in [5.41, 5.74) is 1.14. The summed E-state index contributed by atoms with van der Waals surface area (Å²) < 4.78 is 0. The van der Waals surface area contributed by atoms with Gasteiger partial charge in [0, 0.05) is 43.4 Å². The van der Waals surface area contributed by atoms with E-state index in [4.69, 9.17) is 0 Å². The normalized spacial score (nSPS) is 22.0. The molecule has 1 atom stereocenters. The number of carbonyl (C=O) groups is 2. The molecular weight excluding hydrogens is 360 g/mol. The smallest absolute Gasteiger partial charge is 0.226 e. The van der Waals surface area contributed by atoms with Gasteiger partial charge in [-0.25, -0.2) is 4.98 Å². The molecule has 2 saturated heterocycles. The number of piperidine rings is 2. The quantitative estimate of drug-likeness (QED) is 0.808. The molecule has 2 amide bonds. The summed E-state index contributed by atoms with van der Waals surface area (Å²) in [7, 11) is 0. The molecule has 0 spiro atoms. The minimum Gasteiger partial charge on any atom is -0.356 e. The molecule has 7 heteroatoms. The van der Waals surface area contributed by atoms with Crippen LogP contribution in [0.3, 0.4) is 0 Å². The lowest BCUT2D eigenvalue weighted by Gasteiger charge is -2.39. The molecule has 2 aliphatic heterocycles. The Morgan fingerprint density at radius 2 is 2.00 bits per heavy atom. The molecule has 1 unspecified atom stereocenters. The average Bonchev–Trinajstić information content (AvgIpc) is 3.07. The van der Waals surface area contributed by atoms with E-state index in [0.29, 0.717) is 13.0 Å². The topological polar surface area (TPSA) is 65.5 Å². The van der Waals surface area contributed by atoms with Crippen molar-refractivity contribution in [1.82, 2.24) is 20.1 Å². The number of carbonyl (C=O) groups excluding carboxylic acids is 2. The van der Waals surface area contributed by atoms with Gasteiger partial charge in [-0.2, -0.15) is 0 Å². The Balaban J connectivity index is 1.51. The van der Waals surface area contributed by atoms with Gasteiger partial charge in [-0.3, -0.25) is 14.5 Å². The van der Waals surface area contributed by atoms with E-state index in [1.807, 2.05) is 18.7 Å². The minimum atomic E-state index is 0.0653. The Kier molecular flexibility index (Phi) is 7.24. The zero-order chi connectivity index (χ0) is 19.2. The Hall–Kier alpha value is -1.47. The first-order valence-electron chi connectivity index (χ1n) is 10.3. The van der Waals surface area contributed by atoms with Crippen molar-refractivity contribution in [2.24, 2.45) is 5.92 Å². The summed E-state index contributed by atoms with van der Waals surface area (Å²) >= 11 is 1.69. The molecule has 0 radical (unpaired) electrons. The molecule has 1 N–H and O–H groups in total. The number of aryl methyl sites for hydroxylation is 1. The minimum absolute atomic E-state index is 0.0653. The second kappa shape index (κ2) is 9.64. The SMILES string of the molecule is CCNC(=O)CC1CCCCN1C(=O)C1CCN(Cc2csc(C)n2)CC1. The van der Waals surface area contributed by atoms with Gasteiger partial charge in [0.2, 0.25) is 11.8 Å². The van der Waals surface area contributed by atoms with Crippen molar-refractivity contribution in [1.29, 1.82) is 0 Å². The number of aromatic nitrogens is 1. The van der Waals surface area contributed by atoms with Gasteiger partial charge in [0.15, 0.2) is 0 Å². The highest BCUT2D eigenvalue weighted by atomic mass is 32.1. The van der Waals surface area contributed by atoms with Gasteiger partial charge in [0.1, 0.15) is 0 Å². The molecule has 2 aliphatic rings. The number of hydrogen-bond acceptors (Lipinski definition) is 5. The molecule has 1 aromatic rings. The van der Waals surface area contributed by atoms with Gasteiger partial charge in [-0.1, -0.05) is 0 Å². The Morgan fingerprint density at radius 1 is 1.22 bits per heavy atom. The molecule has 1 aromatic heterocycles. The largest absolute Gasteiger partial charge is 0.356 e. The highest BCUT2D eigenvalue weighted by Crippen LogP contribution is 2.27. The van der Waals surface area contributed by atoms with Crippen LogP contribution in [-0.4, -0.2) is 58.8 Å². The molecule has 6 nitrogen and oxygen atoms in total. The Labute approximate surface area is 166 Å². The predicted molar refractivity (Wildman–Crippen MR) is 108 cm³/mol. The maximum absolute atomic E-state index is 13.1. The third kappa shape index (κ3) is 5.51. The van der Waals surface area contributed by atoms with E-state index in [2.05, 4.69) is 20.6 Å². The lowest BCUT2D eigenvalue weighted by molar-refractivity contribution is -0.141. The lowest BCUT2D eigenvalue weighted by atomic mass is 9.91. The van der Waals surface area contributed by atoms with E-state index in [0.717, 1.165) is 69.0 Å². The molecule has 27 heavy (non-hydrogen) atoms. The summed E-state index contributed by atoms with van der Waals surface area (Å²) in [5, 5.41) is 6.11. The van der Waals surface area contributed by atoms with Crippen LogP contribution in [0.15, 0.2) is 5.38 Å². The van der Waals surface area contributed by atoms with Crippen LogP contribution in [0.4, 0.5) is 0 Å². The third-order valence-corrected chi connectivity index (χ3v) is 6.52. The van der Waals surface area contributed by atoms with E-state index in [-0.39, 0.29) is 23.8 Å². The van der Waals surface area contributed by atoms with Crippen molar-refractivity contribution in [3.63, 3.8) is 0 Å². The first-order valence-corrected chi connectivity index (χ1v) is 11.1. The fraction of sp³-hybridized carbons (Fsp3) is 0.750. The first-order chi connectivity index (χ1) is 13.1. The third-order valence-electron chi connectivity index (χ3n) is 5.69. The van der Waals surface area contributed by atoms with Crippen LogP contribution < -0.4 is 5.32 Å². The van der Waals surface area contributed by atoms with Gasteiger partial charge in [0.05, 0.1) is 10.7 Å². The number of nitrogens with zero attached hydrogens (tertiary/aromatic N) is 3. The van der Waals surface area contributed by atoms with E-state index in [9.17, 15) is 9.59 Å². The van der Waals surface area contributed by atoms with Crippen molar-refractivity contribution >= 4 is 23.2 Å². The highest BCUT2D eigenvalue weighted by Gasteiger charge is 2.34. The summed E-state index contributed by atoms with van der Waals surface area (Å²) in [4.78, 5) is 34.1. The molecule has 3 heterocycles. The van der Waals surface area contributed by atoms with Crippen LogP contribution in [0.5, 0.6) is 0 Å². The number of nitrogens with one attached hydrogen (secondary N) is 1. The van der Waals surface area contributed by atoms with E-state index in [1.165, 1.54) is 0 Å². The maximum atomic E-state index is 13.1. The number of rotatable bonds is 6. The van der Waals surface area contributed by atoms with Crippen molar-refractivity contribution in [3.05, 3.63) is 16.1 Å². The Bertz CT molecular complexity index is 640. The number of hydrogen-bond donors (Lipinski definition) is 1. The molecule has 0 aliphatic carbocycles. The molecule has 2 fully saturated rings. The van der Waals surface area contributed by atoms with Crippen molar-refractivity contribution in [2.45, 2.75) is 65.0 Å². The van der Waals surface area contributed by atoms with Crippen LogP contribution in [-0.2, 0) is 16.1 Å². The summed E-state index contributed by atoms with van der Waals surface area (Å²) in [6.07, 6.45) is 5.38. The van der Waals surface area contributed by atoms with Crippen LogP contribution in [0, 0.1) is 12.8 Å². The zero-order valence-electron chi connectivity index (χ0n) is 16.6. The van der Waals surface area contributed by atoms with Gasteiger partial charge >= 0.3 is 0 Å². The molecule has 3 rings (SSSR count). The Morgan fingerprint density at radius 3 is 2.67 bits per heavy atom. The van der Waals surface area contributed by atoms with Gasteiger partial charge < -0.3 is 10.2 Å².